The highest BCUT2D eigenvalue weighted by molar-refractivity contribution is 6.13. The number of carbonyl (C=O) groups is 2. The lowest BCUT2D eigenvalue weighted by Crippen LogP contribution is -2.35. The van der Waals surface area contributed by atoms with Crippen molar-refractivity contribution in [2.75, 3.05) is 25.5 Å². The van der Waals surface area contributed by atoms with Crippen LogP contribution in [0.25, 0.3) is 0 Å². The molecule has 1 saturated carbocycles. The van der Waals surface area contributed by atoms with Gasteiger partial charge >= 0.3 is 5.97 Å². The van der Waals surface area contributed by atoms with Crippen molar-refractivity contribution >= 4 is 23.4 Å². The Bertz CT molecular complexity index is 1220. The molecule has 1 aliphatic heterocycles. The van der Waals surface area contributed by atoms with Gasteiger partial charge in [-0.1, -0.05) is 36.4 Å². The molecule has 1 aliphatic carbocycles. The van der Waals surface area contributed by atoms with Crippen LogP contribution in [0, 0.1) is 0 Å². The molecule has 33 heavy (non-hydrogen) atoms. The average molecular weight is 443 g/mol. The first kappa shape index (κ1) is 21.3. The minimum absolute atomic E-state index is 0.0202. The summed E-state index contributed by atoms with van der Waals surface area (Å²) in [7, 11) is 2.15. The van der Waals surface area contributed by atoms with Crippen molar-refractivity contribution in [2.24, 2.45) is 0 Å². The lowest BCUT2D eigenvalue weighted by atomic mass is 9.87. The van der Waals surface area contributed by atoms with E-state index in [-0.39, 0.29) is 29.6 Å². The summed E-state index contributed by atoms with van der Waals surface area (Å²) in [6.45, 7) is 3.92. The Morgan fingerprint density at radius 1 is 1.15 bits per heavy atom. The second kappa shape index (κ2) is 8.41. The second-order valence-electron chi connectivity index (χ2n) is 8.82. The maximum absolute atomic E-state index is 13.2. The summed E-state index contributed by atoms with van der Waals surface area (Å²) in [6, 6.07) is 15.1. The molecule has 1 spiro atoms. The molecule has 2 aromatic carbocycles. The summed E-state index contributed by atoms with van der Waals surface area (Å²) >= 11 is 0. The molecule has 0 atom stereocenters. The van der Waals surface area contributed by atoms with Gasteiger partial charge in [-0.05, 0) is 50.1 Å². The van der Waals surface area contributed by atoms with Crippen molar-refractivity contribution in [1.82, 2.24) is 14.9 Å². The summed E-state index contributed by atoms with van der Waals surface area (Å²) < 4.78 is 5.11. The van der Waals surface area contributed by atoms with Crippen molar-refractivity contribution in [1.29, 1.82) is 0 Å². The molecule has 0 unspecified atom stereocenters. The molecular formula is C26H26N4O3. The predicted molar refractivity (Wildman–Crippen MR) is 125 cm³/mol. The van der Waals surface area contributed by atoms with E-state index >= 15 is 0 Å². The Labute approximate surface area is 192 Å². The molecule has 1 N–H and O–H groups in total. The third-order valence-electron chi connectivity index (χ3n) is 6.33. The third-order valence-corrected chi connectivity index (χ3v) is 6.33. The first-order valence-corrected chi connectivity index (χ1v) is 11.2. The van der Waals surface area contributed by atoms with E-state index in [1.807, 2.05) is 12.1 Å². The molecule has 7 nitrogen and oxygen atoms in total. The average Bonchev–Trinajstić information content (AvgIpc) is 3.58. The van der Waals surface area contributed by atoms with Gasteiger partial charge in [0, 0.05) is 36.0 Å². The Kier molecular flexibility index (Phi) is 5.42. The number of esters is 1. The Balaban J connectivity index is 1.47. The molecule has 7 heteroatoms. The molecule has 2 heterocycles. The maximum Gasteiger partial charge on any atom is 0.342 e. The van der Waals surface area contributed by atoms with Gasteiger partial charge in [0.1, 0.15) is 11.3 Å². The third kappa shape index (κ3) is 4.12. The van der Waals surface area contributed by atoms with Crippen LogP contribution in [0.1, 0.15) is 57.3 Å². The van der Waals surface area contributed by atoms with Crippen molar-refractivity contribution in [3.8, 4) is 0 Å². The SMILES string of the molecule is CCOC(=O)c1cnc(Nc2ccc3c(c2)CN(C)CC32CC2)nc1C(=O)c1ccccc1. The molecular weight excluding hydrogens is 416 g/mol. The van der Waals surface area contributed by atoms with E-state index in [9.17, 15) is 9.59 Å². The number of hydrogen-bond acceptors (Lipinski definition) is 7. The van der Waals surface area contributed by atoms with Gasteiger partial charge in [0.05, 0.1) is 6.61 Å². The highest BCUT2D eigenvalue weighted by Crippen LogP contribution is 2.52. The fourth-order valence-corrected chi connectivity index (χ4v) is 4.68. The van der Waals surface area contributed by atoms with Crippen LogP contribution < -0.4 is 5.32 Å². The molecule has 0 radical (unpaired) electrons. The highest BCUT2D eigenvalue weighted by Gasteiger charge is 2.48. The van der Waals surface area contributed by atoms with Crippen LogP contribution in [0.5, 0.6) is 0 Å². The first-order valence-electron chi connectivity index (χ1n) is 11.2. The van der Waals surface area contributed by atoms with Gasteiger partial charge in [0.2, 0.25) is 11.7 Å². The van der Waals surface area contributed by atoms with Crippen molar-refractivity contribution in [3.63, 3.8) is 0 Å². The molecule has 1 aromatic heterocycles. The number of nitrogens with one attached hydrogen (secondary N) is 1. The van der Waals surface area contributed by atoms with Gasteiger partial charge in [-0.15, -0.1) is 0 Å². The highest BCUT2D eigenvalue weighted by atomic mass is 16.5. The number of rotatable bonds is 6. The number of ether oxygens (including phenoxy) is 1. The van der Waals surface area contributed by atoms with Gasteiger partial charge < -0.3 is 15.0 Å². The normalized spacial score (nSPS) is 16.2. The number of aromatic nitrogens is 2. The zero-order valence-corrected chi connectivity index (χ0v) is 18.8. The van der Waals surface area contributed by atoms with E-state index in [1.54, 1.807) is 31.2 Å². The quantitative estimate of drug-likeness (QED) is 0.454. The smallest absolute Gasteiger partial charge is 0.342 e. The molecule has 0 bridgehead atoms. The Morgan fingerprint density at radius 2 is 1.94 bits per heavy atom. The van der Waals surface area contributed by atoms with E-state index in [0.29, 0.717) is 11.0 Å². The van der Waals surface area contributed by atoms with Gasteiger partial charge in [-0.3, -0.25) is 4.79 Å². The van der Waals surface area contributed by atoms with Crippen molar-refractivity contribution in [3.05, 3.63) is 82.7 Å². The standard InChI is InChI=1S/C26H26N4O3/c1-3-33-24(32)20-14-27-25(29-22(20)23(31)17-7-5-4-6-8-17)28-19-9-10-21-18(13-19)15-30(2)16-26(21)11-12-26/h4-10,13-14H,3,11-12,15-16H2,1-2H3,(H,27,28,29). The van der Waals surface area contributed by atoms with Crippen LogP contribution in [0.3, 0.4) is 0 Å². The molecule has 168 valence electrons. The molecule has 0 amide bonds. The molecule has 1 fully saturated rings. The Morgan fingerprint density at radius 3 is 2.67 bits per heavy atom. The largest absolute Gasteiger partial charge is 0.462 e. The maximum atomic E-state index is 13.2. The van der Waals surface area contributed by atoms with Crippen LogP contribution in [-0.2, 0) is 16.7 Å². The fourth-order valence-electron chi connectivity index (χ4n) is 4.68. The number of fused-ring (bicyclic) bond motifs is 2. The minimum Gasteiger partial charge on any atom is -0.462 e. The summed E-state index contributed by atoms with van der Waals surface area (Å²) in [4.78, 5) is 36.7. The minimum atomic E-state index is -0.616. The van der Waals surface area contributed by atoms with E-state index in [0.717, 1.165) is 18.8 Å². The zero-order chi connectivity index (χ0) is 23.0. The number of carbonyl (C=O) groups excluding carboxylic acids is 2. The lowest BCUT2D eigenvalue weighted by molar-refractivity contribution is 0.0522. The van der Waals surface area contributed by atoms with Crippen molar-refractivity contribution < 1.29 is 14.3 Å². The summed E-state index contributed by atoms with van der Waals surface area (Å²) in [6.07, 6.45) is 3.83. The van der Waals surface area contributed by atoms with Crippen LogP contribution >= 0.6 is 0 Å². The number of anilines is 2. The summed E-state index contributed by atoms with van der Waals surface area (Å²) in [5.41, 5.74) is 4.42. The summed E-state index contributed by atoms with van der Waals surface area (Å²) in [5.74, 6) is -0.714. The monoisotopic (exact) mass is 442 g/mol. The predicted octanol–water partition coefficient (Wildman–Crippen LogP) is 4.10. The fraction of sp³-hybridized carbons (Fsp3) is 0.308. The number of benzene rings is 2. The van der Waals surface area contributed by atoms with E-state index in [1.165, 1.54) is 30.2 Å². The van der Waals surface area contributed by atoms with Crippen LogP contribution in [0.15, 0.2) is 54.7 Å². The number of nitrogens with zero attached hydrogens (tertiary/aromatic N) is 3. The second-order valence-corrected chi connectivity index (χ2v) is 8.82. The molecule has 0 saturated heterocycles. The van der Waals surface area contributed by atoms with Gasteiger partial charge in [0.25, 0.3) is 0 Å². The van der Waals surface area contributed by atoms with E-state index < -0.39 is 5.97 Å². The van der Waals surface area contributed by atoms with Gasteiger partial charge in [-0.2, -0.15) is 0 Å². The van der Waals surface area contributed by atoms with E-state index in [4.69, 9.17) is 4.74 Å². The number of likely N-dealkylation sites (N-methyl/N-ethyl adjacent to an activating group) is 1. The molecule has 2 aliphatic rings. The van der Waals surface area contributed by atoms with Crippen LogP contribution in [0.4, 0.5) is 11.6 Å². The van der Waals surface area contributed by atoms with E-state index in [2.05, 4.69) is 39.4 Å². The zero-order valence-electron chi connectivity index (χ0n) is 18.8. The number of ketones is 1. The summed E-state index contributed by atoms with van der Waals surface area (Å²) in [5, 5.41) is 3.22. The van der Waals surface area contributed by atoms with Gasteiger partial charge in [0.15, 0.2) is 0 Å². The Hall–Kier alpha value is -3.58. The molecule has 5 rings (SSSR count). The van der Waals surface area contributed by atoms with Crippen molar-refractivity contribution in [2.45, 2.75) is 31.7 Å². The van der Waals surface area contributed by atoms with Crippen LogP contribution in [-0.4, -0.2) is 46.8 Å². The number of hydrogen-bond donors (Lipinski definition) is 1. The van der Waals surface area contributed by atoms with Crippen LogP contribution in [0.2, 0.25) is 0 Å². The van der Waals surface area contributed by atoms with Gasteiger partial charge in [-0.25, -0.2) is 14.8 Å². The molecule has 3 aromatic rings. The first-order chi connectivity index (χ1) is 16.0. The topological polar surface area (TPSA) is 84.4 Å². The lowest BCUT2D eigenvalue weighted by Gasteiger charge is -2.32.